The van der Waals surface area contributed by atoms with E-state index in [-0.39, 0.29) is 74.3 Å². The van der Waals surface area contributed by atoms with E-state index in [9.17, 15) is 18.6 Å². The summed E-state index contributed by atoms with van der Waals surface area (Å²) >= 11 is 0. The molecule has 0 aliphatic carbocycles. The van der Waals surface area contributed by atoms with Crippen LogP contribution in [0, 0.1) is 0 Å². The number of anilines is 1. The van der Waals surface area contributed by atoms with Crippen molar-refractivity contribution in [2.24, 2.45) is 0 Å². The number of nitrogen functional groups attached to an aromatic ring is 1. The zero-order valence-corrected chi connectivity index (χ0v) is 22.3. The molecule has 6 N–H and O–H groups in total. The third-order valence-electron chi connectivity index (χ3n) is 2.85. The van der Waals surface area contributed by atoms with Gasteiger partial charge in [0.2, 0.25) is 0 Å². The van der Waals surface area contributed by atoms with Crippen molar-refractivity contribution < 1.29 is 109 Å². The molecule has 15 nitrogen and oxygen atoms in total. The van der Waals surface area contributed by atoms with Gasteiger partial charge >= 0.3 is 82.4 Å². The van der Waals surface area contributed by atoms with Crippen LogP contribution in [0.25, 0.3) is 11.2 Å². The molecule has 2 heterocycles. The molecule has 2 aromatic heterocycles. The first-order chi connectivity index (χ1) is 12.3. The standard InChI is InChI=1S/C9H16N5O10P3.2Na.2H/c1-6(2-14-4-13-7-8(10)11-3-12-9(7)14)22-5-25(15,16)23-27(20,21)24-26(17,18)19;;;;/h3-4,6H,2,5H2,1H3,(H,15,16)(H,20,21)(H2,10,11,12)(H2,17,18,19);;;;/q;2*+1;2*-1/t6-;;;;/m1..../s1. The Bertz CT molecular complexity index is 980. The van der Waals surface area contributed by atoms with Crippen LogP contribution in [0.4, 0.5) is 5.82 Å². The minimum absolute atomic E-state index is 0. The summed E-state index contributed by atoms with van der Waals surface area (Å²) in [5.74, 6) is 0.171. The average molecular weight is 495 g/mol. The van der Waals surface area contributed by atoms with Gasteiger partial charge in [-0.25, -0.2) is 28.4 Å². The minimum atomic E-state index is -5.49. The maximum Gasteiger partial charge on any atom is 1.00 e. The fraction of sp³-hybridized carbons (Fsp3) is 0.444. The van der Waals surface area contributed by atoms with Crippen LogP contribution < -0.4 is 64.8 Å². The summed E-state index contributed by atoms with van der Waals surface area (Å²) in [5.41, 5.74) is 6.41. The van der Waals surface area contributed by atoms with Crippen LogP contribution >= 0.6 is 23.2 Å². The van der Waals surface area contributed by atoms with Gasteiger partial charge in [-0.05, 0) is 6.92 Å². The summed E-state index contributed by atoms with van der Waals surface area (Å²) in [5, 5.41) is 0. The summed E-state index contributed by atoms with van der Waals surface area (Å²) in [6, 6.07) is 0. The first kappa shape index (κ1) is 29.8. The van der Waals surface area contributed by atoms with E-state index in [2.05, 4.69) is 23.6 Å². The third kappa shape index (κ3) is 9.84. The summed E-state index contributed by atoms with van der Waals surface area (Å²) < 4.78 is 47.6. The zero-order chi connectivity index (χ0) is 20.5. The predicted octanol–water partition coefficient (Wildman–Crippen LogP) is -5.58. The average Bonchev–Trinajstić information content (AvgIpc) is 2.86. The monoisotopic (exact) mass is 495 g/mol. The first-order valence-corrected chi connectivity index (χ1v) is 11.7. The van der Waals surface area contributed by atoms with Gasteiger partial charge in [-0.15, -0.1) is 0 Å². The van der Waals surface area contributed by atoms with Gasteiger partial charge in [0, 0.05) is 0 Å². The number of ether oxygens (including phenoxy) is 1. The number of phosphoric acid groups is 2. The minimum Gasteiger partial charge on any atom is -1.00 e. The summed E-state index contributed by atoms with van der Waals surface area (Å²) in [6.07, 6.45) is 0.869. The molecular formula is C9H18N5Na2O10P3. The largest absolute Gasteiger partial charge is 1.00 e. The molecular weight excluding hydrogens is 477 g/mol. The number of nitrogens with zero attached hydrogens (tertiary/aromatic N) is 4. The molecule has 29 heavy (non-hydrogen) atoms. The van der Waals surface area contributed by atoms with Crippen molar-refractivity contribution in [1.82, 2.24) is 19.5 Å². The number of imidazole rings is 1. The Balaban J connectivity index is -0.00000196. The molecule has 2 aromatic rings. The Labute approximate surface area is 211 Å². The second kappa shape index (κ2) is 11.6. The van der Waals surface area contributed by atoms with Crippen LogP contribution in [0.3, 0.4) is 0 Å². The van der Waals surface area contributed by atoms with E-state index in [1.165, 1.54) is 24.1 Å². The topological polar surface area (TPSA) is 229 Å². The SMILES string of the molecule is C[C@H](Cn1cnc2c(N)ncnc21)OCP(=O)(O)OP(=O)(O)OP(=O)(O)O.[H-].[H-].[Na+].[Na+]. The van der Waals surface area contributed by atoms with Crippen molar-refractivity contribution in [2.75, 3.05) is 12.1 Å². The van der Waals surface area contributed by atoms with Crippen LogP contribution in [-0.4, -0.2) is 51.5 Å². The fourth-order valence-electron chi connectivity index (χ4n) is 1.92. The smallest absolute Gasteiger partial charge is 1.00 e. The van der Waals surface area contributed by atoms with Crippen molar-refractivity contribution in [3.05, 3.63) is 12.7 Å². The normalized spacial score (nSPS) is 16.9. The van der Waals surface area contributed by atoms with E-state index >= 15 is 0 Å². The van der Waals surface area contributed by atoms with Crippen LogP contribution in [-0.2, 0) is 33.6 Å². The van der Waals surface area contributed by atoms with Gasteiger partial charge in [-0.1, -0.05) is 0 Å². The van der Waals surface area contributed by atoms with Gasteiger partial charge in [0.25, 0.3) is 0 Å². The molecule has 0 fully saturated rings. The number of rotatable bonds is 9. The number of nitrogens with two attached hydrogens (primary N) is 1. The Hall–Kier alpha value is 0.760. The number of hydrogen-bond acceptors (Lipinski definition) is 10. The predicted molar refractivity (Wildman–Crippen MR) is 91.2 cm³/mol. The quantitative estimate of drug-likeness (QED) is 0.161. The van der Waals surface area contributed by atoms with Crippen molar-refractivity contribution in [1.29, 1.82) is 0 Å². The second-order valence-corrected chi connectivity index (χ2v) is 9.95. The van der Waals surface area contributed by atoms with Crippen LogP contribution in [0.2, 0.25) is 0 Å². The van der Waals surface area contributed by atoms with E-state index in [0.717, 1.165) is 0 Å². The molecule has 0 aliphatic rings. The summed E-state index contributed by atoms with van der Waals surface area (Å²) in [4.78, 5) is 47.4. The van der Waals surface area contributed by atoms with Crippen molar-refractivity contribution in [2.45, 2.75) is 19.6 Å². The maximum atomic E-state index is 11.8. The van der Waals surface area contributed by atoms with Gasteiger partial charge in [0.05, 0.1) is 19.0 Å². The maximum absolute atomic E-state index is 11.8. The molecule has 0 spiro atoms. The van der Waals surface area contributed by atoms with E-state index < -0.39 is 35.7 Å². The molecule has 2 unspecified atom stereocenters. The molecule has 2 rings (SSSR count). The van der Waals surface area contributed by atoms with Gasteiger partial charge in [-0.2, -0.15) is 4.31 Å². The zero-order valence-electron chi connectivity index (χ0n) is 17.6. The summed E-state index contributed by atoms with van der Waals surface area (Å²) in [6.45, 7) is 1.63. The van der Waals surface area contributed by atoms with Crippen molar-refractivity contribution >= 4 is 40.2 Å². The number of hydrogen-bond donors (Lipinski definition) is 5. The second-order valence-electron chi connectivity index (χ2n) is 5.19. The molecule has 0 saturated carbocycles. The van der Waals surface area contributed by atoms with Crippen LogP contribution in [0.1, 0.15) is 9.78 Å². The Kier molecular flexibility index (Phi) is 11.9. The molecule has 20 heteroatoms. The van der Waals surface area contributed by atoms with Crippen molar-refractivity contribution in [3.63, 3.8) is 0 Å². The van der Waals surface area contributed by atoms with Gasteiger partial charge < -0.3 is 37.5 Å². The molecule has 156 valence electrons. The molecule has 0 aromatic carbocycles. The fourth-order valence-corrected chi connectivity index (χ4v) is 5.30. The molecule has 3 atom stereocenters. The van der Waals surface area contributed by atoms with Crippen molar-refractivity contribution in [3.8, 4) is 0 Å². The van der Waals surface area contributed by atoms with Gasteiger partial charge in [0.1, 0.15) is 18.2 Å². The Morgan fingerprint density at radius 3 is 2.34 bits per heavy atom. The number of fused-ring (bicyclic) bond motifs is 1. The van der Waals surface area contributed by atoms with Gasteiger partial charge in [-0.3, -0.25) is 4.57 Å². The molecule has 0 radical (unpaired) electrons. The molecule has 0 bridgehead atoms. The molecule has 0 amide bonds. The first-order valence-electron chi connectivity index (χ1n) is 6.94. The molecule has 0 aliphatic heterocycles. The van der Waals surface area contributed by atoms with E-state index in [1.54, 1.807) is 0 Å². The third-order valence-corrected chi connectivity index (χ3v) is 6.84. The summed E-state index contributed by atoms with van der Waals surface area (Å²) in [7, 11) is -15.8. The Morgan fingerprint density at radius 2 is 1.76 bits per heavy atom. The van der Waals surface area contributed by atoms with Gasteiger partial charge in [0.15, 0.2) is 11.5 Å². The van der Waals surface area contributed by atoms with Crippen LogP contribution in [0.15, 0.2) is 12.7 Å². The van der Waals surface area contributed by atoms with E-state index in [0.29, 0.717) is 11.2 Å². The number of aromatic nitrogens is 4. The van der Waals surface area contributed by atoms with Crippen LogP contribution in [0.5, 0.6) is 0 Å². The Morgan fingerprint density at radius 1 is 1.14 bits per heavy atom. The van der Waals surface area contributed by atoms with E-state index in [1.807, 2.05) is 0 Å². The van der Waals surface area contributed by atoms with E-state index in [4.69, 9.17) is 25.2 Å². The molecule has 0 saturated heterocycles.